The fourth-order valence-corrected chi connectivity index (χ4v) is 7.84. The van der Waals surface area contributed by atoms with Gasteiger partial charge in [0.1, 0.15) is 11.3 Å². The Balaban J connectivity index is 1.12. The number of aliphatic hydroxyl groups is 1. The molecule has 7 rings (SSSR count). The van der Waals surface area contributed by atoms with Crippen LogP contribution in [0.4, 0.5) is 0 Å². The van der Waals surface area contributed by atoms with Gasteiger partial charge in [-0.05, 0) is 61.9 Å². The minimum absolute atomic E-state index is 0.0725. The Morgan fingerprint density at radius 1 is 1.08 bits per heavy atom. The lowest BCUT2D eigenvalue weighted by atomic mass is 9.94. The lowest BCUT2D eigenvalue weighted by Gasteiger charge is -2.29. The van der Waals surface area contributed by atoms with Gasteiger partial charge in [-0.1, -0.05) is 60.7 Å². The minimum atomic E-state index is -0.910. The summed E-state index contributed by atoms with van der Waals surface area (Å²) < 4.78 is 11.8. The molecule has 0 spiro atoms. The van der Waals surface area contributed by atoms with E-state index in [1.54, 1.807) is 29.5 Å². The third-order valence-corrected chi connectivity index (χ3v) is 10.5. The number of ether oxygens (including phenoxy) is 1. The SMILES string of the molecule is Cc1csc([C@H]2CCCN2C(=O)c2cc(C(=O)N[C@@H](Cc3ccccc3)[C@H](O)[C@H]3C[C@@H](OCc4ccccc4)CN3)cc(-c3ncco3)c2)n1. The van der Waals surface area contributed by atoms with Crippen LogP contribution in [0.3, 0.4) is 0 Å². The molecule has 5 aromatic rings. The summed E-state index contributed by atoms with van der Waals surface area (Å²) in [5.41, 5.74) is 4.16. The van der Waals surface area contributed by atoms with Crippen LogP contribution in [0.15, 0.2) is 101 Å². The summed E-state index contributed by atoms with van der Waals surface area (Å²) in [4.78, 5) is 39.1. The van der Waals surface area contributed by atoms with Gasteiger partial charge in [-0.3, -0.25) is 9.59 Å². The zero-order valence-electron chi connectivity index (χ0n) is 27.9. The number of amides is 2. The number of aliphatic hydroxyl groups excluding tert-OH is 1. The Labute approximate surface area is 295 Å². The zero-order chi connectivity index (χ0) is 34.5. The molecule has 2 aliphatic heterocycles. The highest BCUT2D eigenvalue weighted by Gasteiger charge is 2.36. The first-order chi connectivity index (χ1) is 24.4. The molecule has 2 saturated heterocycles. The maximum atomic E-state index is 14.1. The van der Waals surface area contributed by atoms with Gasteiger partial charge in [0.2, 0.25) is 5.89 Å². The van der Waals surface area contributed by atoms with Crippen LogP contribution in [0.25, 0.3) is 11.5 Å². The van der Waals surface area contributed by atoms with E-state index in [-0.39, 0.29) is 29.7 Å². The Bertz CT molecular complexity index is 1880. The number of aryl methyl sites for hydroxylation is 1. The molecule has 0 saturated carbocycles. The summed E-state index contributed by atoms with van der Waals surface area (Å²) in [7, 11) is 0. The van der Waals surface area contributed by atoms with Gasteiger partial charge in [0.25, 0.3) is 11.8 Å². The highest BCUT2D eigenvalue weighted by molar-refractivity contribution is 7.09. The molecule has 2 aromatic heterocycles. The zero-order valence-corrected chi connectivity index (χ0v) is 28.7. The number of carbonyl (C=O) groups excluding carboxylic acids is 2. The van der Waals surface area contributed by atoms with Crippen LogP contribution in [0.5, 0.6) is 0 Å². The molecule has 50 heavy (non-hydrogen) atoms. The minimum Gasteiger partial charge on any atom is -0.445 e. The summed E-state index contributed by atoms with van der Waals surface area (Å²) in [5, 5.41) is 21.2. The third-order valence-electron chi connectivity index (χ3n) is 9.45. The van der Waals surface area contributed by atoms with Crippen molar-refractivity contribution in [3.05, 3.63) is 130 Å². The first kappa shape index (κ1) is 33.8. The Morgan fingerprint density at radius 3 is 2.56 bits per heavy atom. The van der Waals surface area contributed by atoms with Crippen LogP contribution >= 0.6 is 11.3 Å². The summed E-state index contributed by atoms with van der Waals surface area (Å²) in [6.07, 6.45) is 4.72. The highest BCUT2D eigenvalue weighted by Crippen LogP contribution is 2.35. The molecule has 3 aromatic carbocycles. The van der Waals surface area contributed by atoms with E-state index in [0.29, 0.717) is 49.6 Å². The second-order valence-corrected chi connectivity index (χ2v) is 13.9. The van der Waals surface area contributed by atoms with Gasteiger partial charge in [-0.25, -0.2) is 9.97 Å². The lowest BCUT2D eigenvalue weighted by molar-refractivity contribution is 0.0419. The van der Waals surface area contributed by atoms with Crippen molar-refractivity contribution in [2.75, 3.05) is 13.1 Å². The largest absolute Gasteiger partial charge is 0.445 e. The van der Waals surface area contributed by atoms with Gasteiger partial charge in [0.15, 0.2) is 0 Å². The van der Waals surface area contributed by atoms with Crippen LogP contribution in [0, 0.1) is 6.92 Å². The molecule has 3 N–H and O–H groups in total. The summed E-state index contributed by atoms with van der Waals surface area (Å²) in [5.74, 6) is -0.281. The van der Waals surface area contributed by atoms with Gasteiger partial charge < -0.3 is 29.8 Å². The fraction of sp³-hybridized carbons (Fsp3) is 0.333. The van der Waals surface area contributed by atoms with Gasteiger partial charge >= 0.3 is 0 Å². The summed E-state index contributed by atoms with van der Waals surface area (Å²) in [6, 6.07) is 23.8. The summed E-state index contributed by atoms with van der Waals surface area (Å²) in [6.45, 7) is 3.64. The Kier molecular flexibility index (Phi) is 10.5. The van der Waals surface area contributed by atoms with Gasteiger partial charge in [-0.2, -0.15) is 0 Å². The molecule has 2 fully saturated rings. The van der Waals surface area contributed by atoms with Gasteiger partial charge in [-0.15, -0.1) is 11.3 Å². The number of nitrogens with zero attached hydrogens (tertiary/aromatic N) is 3. The van der Waals surface area contributed by atoms with Crippen molar-refractivity contribution in [2.24, 2.45) is 0 Å². The van der Waals surface area contributed by atoms with E-state index < -0.39 is 18.1 Å². The first-order valence-corrected chi connectivity index (χ1v) is 18.0. The van der Waals surface area contributed by atoms with Crippen LogP contribution in [-0.4, -0.2) is 69.2 Å². The highest BCUT2D eigenvalue weighted by atomic mass is 32.1. The number of rotatable bonds is 12. The number of aromatic nitrogens is 2. The second kappa shape index (κ2) is 15.5. The van der Waals surface area contributed by atoms with Crippen molar-refractivity contribution in [2.45, 2.75) is 69.5 Å². The standard InChI is InChI=1S/C39H41N5O5S/c1-25-24-50-38(42-25)34-13-8-15-44(34)39(47)30-19-28(18-29(20-30)37-40-14-16-48-37)36(46)43-33(17-26-9-4-2-5-10-26)35(45)32-21-31(22-41-32)49-23-27-11-6-3-7-12-27/h2-7,9-12,14,16,18-20,24,31-35,41,45H,8,13,15,17,21-23H2,1H3,(H,43,46)/t31-,32-,33+,34-,35-/m1/s1. The Hall–Kier alpha value is -4.68. The lowest BCUT2D eigenvalue weighted by Crippen LogP contribution is -2.52. The normalized spacial score (nSPS) is 20.1. The maximum absolute atomic E-state index is 14.1. The smallest absolute Gasteiger partial charge is 0.254 e. The first-order valence-electron chi connectivity index (χ1n) is 17.1. The molecule has 258 valence electrons. The molecule has 2 aliphatic rings. The number of nitrogens with one attached hydrogen (secondary N) is 2. The van der Waals surface area contributed by atoms with E-state index >= 15 is 0 Å². The van der Waals surface area contributed by atoms with Crippen molar-refractivity contribution < 1.29 is 23.8 Å². The molecule has 11 heteroatoms. The molecule has 0 aliphatic carbocycles. The van der Waals surface area contributed by atoms with E-state index in [0.717, 1.165) is 34.7 Å². The number of thiazole rings is 1. The topological polar surface area (TPSA) is 130 Å². The number of oxazole rings is 1. The average Bonchev–Trinajstić information content (AvgIpc) is 3.99. The Morgan fingerprint density at radius 2 is 1.84 bits per heavy atom. The van der Waals surface area contributed by atoms with Crippen molar-refractivity contribution in [3.63, 3.8) is 0 Å². The van der Waals surface area contributed by atoms with E-state index in [2.05, 4.69) is 20.6 Å². The van der Waals surface area contributed by atoms with Crippen molar-refractivity contribution in [1.29, 1.82) is 0 Å². The third kappa shape index (κ3) is 7.87. The molecular formula is C39H41N5O5S. The number of hydrogen-bond donors (Lipinski definition) is 3. The van der Waals surface area contributed by atoms with Crippen molar-refractivity contribution >= 4 is 23.2 Å². The molecule has 0 unspecified atom stereocenters. The summed E-state index contributed by atoms with van der Waals surface area (Å²) >= 11 is 1.56. The van der Waals surface area contributed by atoms with E-state index in [9.17, 15) is 14.7 Å². The predicted octanol–water partition coefficient (Wildman–Crippen LogP) is 5.73. The fourth-order valence-electron chi connectivity index (χ4n) is 6.89. The quantitative estimate of drug-likeness (QED) is 0.151. The molecular weight excluding hydrogens is 651 g/mol. The van der Waals surface area contributed by atoms with Crippen LogP contribution in [0.1, 0.15) is 67.8 Å². The molecule has 10 nitrogen and oxygen atoms in total. The number of benzene rings is 3. The maximum Gasteiger partial charge on any atom is 0.254 e. The second-order valence-electron chi connectivity index (χ2n) is 13.0. The van der Waals surface area contributed by atoms with Crippen LogP contribution in [-0.2, 0) is 17.8 Å². The molecule has 5 atom stereocenters. The average molecular weight is 692 g/mol. The monoisotopic (exact) mass is 691 g/mol. The van der Waals surface area contributed by atoms with E-state index in [4.69, 9.17) is 9.15 Å². The number of hydrogen-bond acceptors (Lipinski definition) is 9. The van der Waals surface area contributed by atoms with E-state index in [1.165, 1.54) is 12.5 Å². The number of carbonyl (C=O) groups is 2. The predicted molar refractivity (Wildman–Crippen MR) is 191 cm³/mol. The molecule has 0 bridgehead atoms. The van der Waals surface area contributed by atoms with Crippen molar-refractivity contribution in [3.8, 4) is 11.5 Å². The molecule has 0 radical (unpaired) electrons. The molecule has 2 amide bonds. The van der Waals surface area contributed by atoms with Crippen LogP contribution in [0.2, 0.25) is 0 Å². The van der Waals surface area contributed by atoms with Gasteiger partial charge in [0, 0.05) is 46.9 Å². The van der Waals surface area contributed by atoms with Crippen molar-refractivity contribution in [1.82, 2.24) is 25.5 Å². The van der Waals surface area contributed by atoms with Crippen LogP contribution < -0.4 is 10.6 Å². The van der Waals surface area contributed by atoms with Gasteiger partial charge in [0.05, 0.1) is 37.1 Å². The molecule has 4 heterocycles. The van der Waals surface area contributed by atoms with E-state index in [1.807, 2.05) is 77.9 Å². The number of likely N-dealkylation sites (tertiary alicyclic amines) is 1.